The van der Waals surface area contributed by atoms with Gasteiger partial charge in [-0.1, -0.05) is 45.0 Å². The van der Waals surface area contributed by atoms with Crippen molar-refractivity contribution >= 4 is 28.9 Å². The highest BCUT2D eigenvalue weighted by Crippen LogP contribution is 2.29. The first-order valence-electron chi connectivity index (χ1n) is 12.7. The van der Waals surface area contributed by atoms with Crippen LogP contribution in [0.25, 0.3) is 11.3 Å². The largest absolute Gasteiger partial charge is 0.384 e. The summed E-state index contributed by atoms with van der Waals surface area (Å²) in [6, 6.07) is 18.5. The van der Waals surface area contributed by atoms with Gasteiger partial charge in [0.25, 0.3) is 11.5 Å². The summed E-state index contributed by atoms with van der Waals surface area (Å²) in [5.74, 6) is -0.0533. The molecule has 8 heteroatoms. The Hall–Kier alpha value is -4.72. The van der Waals surface area contributed by atoms with E-state index >= 15 is 0 Å². The minimum absolute atomic E-state index is 0.00706. The number of carbonyl (C=O) groups excluding carboxylic acids is 1. The number of aromatic nitrogens is 2. The van der Waals surface area contributed by atoms with Crippen LogP contribution in [0.4, 0.5) is 17.2 Å². The molecule has 8 nitrogen and oxygen atoms in total. The fourth-order valence-electron chi connectivity index (χ4n) is 4.28. The smallest absolute Gasteiger partial charge is 0.293 e. The van der Waals surface area contributed by atoms with Crippen molar-refractivity contribution in [1.82, 2.24) is 9.55 Å². The summed E-state index contributed by atoms with van der Waals surface area (Å²) in [6.07, 6.45) is 1.68. The van der Waals surface area contributed by atoms with Gasteiger partial charge in [-0.25, -0.2) is 4.98 Å². The second-order valence-corrected chi connectivity index (χ2v) is 10.7. The molecule has 0 aliphatic heterocycles. The van der Waals surface area contributed by atoms with Gasteiger partial charge in [-0.3, -0.25) is 15.0 Å². The Balaban J connectivity index is 1.64. The number of benzene rings is 3. The number of carbonyl (C=O) groups is 1. The van der Waals surface area contributed by atoms with Crippen LogP contribution in [0.2, 0.25) is 0 Å². The summed E-state index contributed by atoms with van der Waals surface area (Å²) in [7, 11) is 1.67. The van der Waals surface area contributed by atoms with Crippen molar-refractivity contribution < 1.29 is 4.79 Å². The van der Waals surface area contributed by atoms with Crippen LogP contribution in [-0.2, 0) is 12.5 Å². The molecule has 200 valence electrons. The number of amides is 1. The maximum atomic E-state index is 13.0. The molecule has 39 heavy (non-hydrogen) atoms. The molecule has 0 aliphatic rings. The zero-order valence-electron chi connectivity index (χ0n) is 23.1. The van der Waals surface area contributed by atoms with E-state index in [9.17, 15) is 9.59 Å². The molecule has 1 aromatic heterocycles. The van der Waals surface area contributed by atoms with Crippen molar-refractivity contribution in [1.29, 1.82) is 5.41 Å². The highest BCUT2D eigenvalue weighted by atomic mass is 16.1. The van der Waals surface area contributed by atoms with Crippen LogP contribution in [0.1, 0.15) is 53.4 Å². The lowest BCUT2D eigenvalue weighted by atomic mass is 9.86. The second kappa shape index (κ2) is 10.6. The molecule has 5 N–H and O–H groups in total. The lowest BCUT2D eigenvalue weighted by molar-refractivity contribution is 0.102. The summed E-state index contributed by atoms with van der Waals surface area (Å²) >= 11 is 0. The number of anilines is 3. The molecular formula is C31H34N6O2. The molecule has 4 aromatic rings. The third kappa shape index (κ3) is 5.90. The van der Waals surface area contributed by atoms with Crippen molar-refractivity contribution in [3.8, 4) is 11.3 Å². The minimum atomic E-state index is -0.283. The van der Waals surface area contributed by atoms with Crippen molar-refractivity contribution in [2.24, 2.45) is 12.8 Å². The Kier molecular flexibility index (Phi) is 7.40. The van der Waals surface area contributed by atoms with Crippen LogP contribution in [-0.4, -0.2) is 21.3 Å². The number of hydrogen-bond acceptors (Lipinski definition) is 5. The molecule has 1 amide bonds. The van der Waals surface area contributed by atoms with Gasteiger partial charge in [-0.15, -0.1) is 0 Å². The quantitative estimate of drug-likeness (QED) is 0.193. The maximum absolute atomic E-state index is 13.0. The Labute approximate surface area is 228 Å². The SMILES string of the molecule is Cc1cc(C(=N)N)ccc1Nc1nc(-c2cccc(NC(=O)c3ccc(C(C)(C)C)cc3)c2C)cn(C)c1=O. The predicted octanol–water partition coefficient (Wildman–Crippen LogP) is 5.64. The third-order valence-electron chi connectivity index (χ3n) is 6.73. The van der Waals surface area contributed by atoms with Crippen LogP contribution < -0.4 is 21.9 Å². The van der Waals surface area contributed by atoms with Crippen molar-refractivity contribution in [2.75, 3.05) is 10.6 Å². The molecule has 0 atom stereocenters. The molecule has 0 saturated carbocycles. The number of rotatable bonds is 6. The van der Waals surface area contributed by atoms with E-state index in [1.54, 1.807) is 31.4 Å². The van der Waals surface area contributed by atoms with Gasteiger partial charge in [0.15, 0.2) is 5.82 Å². The van der Waals surface area contributed by atoms with Crippen LogP contribution in [0, 0.1) is 19.3 Å². The van der Waals surface area contributed by atoms with E-state index in [0.29, 0.717) is 28.2 Å². The number of nitrogens with zero attached hydrogens (tertiary/aromatic N) is 2. The van der Waals surface area contributed by atoms with E-state index in [1.807, 2.05) is 56.3 Å². The fraction of sp³-hybridized carbons (Fsp3) is 0.226. The molecule has 4 rings (SSSR count). The van der Waals surface area contributed by atoms with E-state index in [-0.39, 0.29) is 28.5 Å². The molecule has 0 radical (unpaired) electrons. The van der Waals surface area contributed by atoms with Crippen LogP contribution in [0.15, 0.2) is 71.7 Å². The highest BCUT2D eigenvalue weighted by molar-refractivity contribution is 6.05. The summed E-state index contributed by atoms with van der Waals surface area (Å²) < 4.78 is 1.48. The molecule has 0 spiro atoms. The molecular weight excluding hydrogens is 488 g/mol. The lowest BCUT2D eigenvalue weighted by Crippen LogP contribution is -2.22. The monoisotopic (exact) mass is 522 g/mol. The third-order valence-corrected chi connectivity index (χ3v) is 6.73. The first kappa shape index (κ1) is 27.3. The van der Waals surface area contributed by atoms with E-state index in [1.165, 1.54) is 4.57 Å². The summed E-state index contributed by atoms with van der Waals surface area (Å²) in [4.78, 5) is 30.6. The topological polar surface area (TPSA) is 126 Å². The molecule has 3 aromatic carbocycles. The number of nitrogens with one attached hydrogen (secondary N) is 3. The summed E-state index contributed by atoms with van der Waals surface area (Å²) in [5.41, 5.74) is 12.0. The molecule has 0 saturated heterocycles. The van der Waals surface area contributed by atoms with E-state index < -0.39 is 0 Å². The van der Waals surface area contributed by atoms with Gasteiger partial charge in [-0.05, 0) is 72.4 Å². The molecule has 0 unspecified atom stereocenters. The predicted molar refractivity (Wildman–Crippen MR) is 158 cm³/mol. The number of amidine groups is 1. The standard InChI is InChI=1S/C31H34N6O2/c1-18-16-21(27(32)33)12-15-24(18)34-28-30(39)37(6)17-26(35-28)23-8-7-9-25(19(23)2)36-29(38)20-10-13-22(14-11-20)31(3,4)5/h7-17H,1-6H3,(H3,32,33)(H,34,35)(H,36,38). The fourth-order valence-corrected chi connectivity index (χ4v) is 4.28. The highest BCUT2D eigenvalue weighted by Gasteiger charge is 2.17. The van der Waals surface area contributed by atoms with E-state index in [0.717, 1.165) is 22.3 Å². The number of nitrogen functional groups attached to an aromatic ring is 1. The van der Waals surface area contributed by atoms with Crippen molar-refractivity contribution in [3.63, 3.8) is 0 Å². The zero-order chi connectivity index (χ0) is 28.5. The van der Waals surface area contributed by atoms with Gasteiger partial charge in [0, 0.05) is 41.3 Å². The van der Waals surface area contributed by atoms with Crippen LogP contribution >= 0.6 is 0 Å². The number of aryl methyl sites for hydroxylation is 2. The summed E-state index contributed by atoms with van der Waals surface area (Å²) in [5, 5.41) is 13.8. The average Bonchev–Trinajstić information content (AvgIpc) is 2.88. The molecule has 1 heterocycles. The van der Waals surface area contributed by atoms with Crippen molar-refractivity contribution in [2.45, 2.75) is 40.0 Å². The number of nitrogens with two attached hydrogens (primary N) is 1. The van der Waals surface area contributed by atoms with E-state index in [2.05, 4.69) is 36.4 Å². The Morgan fingerprint density at radius 2 is 1.64 bits per heavy atom. The maximum Gasteiger partial charge on any atom is 0.293 e. The van der Waals surface area contributed by atoms with Gasteiger partial charge >= 0.3 is 0 Å². The lowest BCUT2D eigenvalue weighted by Gasteiger charge is -2.19. The van der Waals surface area contributed by atoms with Gasteiger partial charge in [-0.2, -0.15) is 0 Å². The van der Waals surface area contributed by atoms with E-state index in [4.69, 9.17) is 11.1 Å². The second-order valence-electron chi connectivity index (χ2n) is 10.7. The zero-order valence-corrected chi connectivity index (χ0v) is 23.1. The van der Waals surface area contributed by atoms with Gasteiger partial charge in [0.1, 0.15) is 5.84 Å². The van der Waals surface area contributed by atoms with Crippen molar-refractivity contribution in [3.05, 3.63) is 105 Å². The molecule has 0 aliphatic carbocycles. The van der Waals surface area contributed by atoms with Gasteiger partial charge in [0.05, 0.1) is 5.69 Å². The first-order chi connectivity index (χ1) is 18.3. The normalized spacial score (nSPS) is 11.2. The van der Waals surface area contributed by atoms with Gasteiger partial charge < -0.3 is 20.9 Å². The summed E-state index contributed by atoms with van der Waals surface area (Å²) in [6.45, 7) is 10.2. The Bertz CT molecular complexity index is 1630. The van der Waals surface area contributed by atoms with Crippen LogP contribution in [0.5, 0.6) is 0 Å². The Morgan fingerprint density at radius 1 is 0.974 bits per heavy atom. The minimum Gasteiger partial charge on any atom is -0.384 e. The molecule has 0 fully saturated rings. The van der Waals surface area contributed by atoms with Crippen LogP contribution in [0.3, 0.4) is 0 Å². The first-order valence-corrected chi connectivity index (χ1v) is 12.7. The number of hydrogen-bond donors (Lipinski definition) is 4. The van der Waals surface area contributed by atoms with Gasteiger partial charge in [0.2, 0.25) is 0 Å². The molecule has 0 bridgehead atoms. The average molecular weight is 523 g/mol. The Morgan fingerprint density at radius 3 is 2.26 bits per heavy atom.